The Morgan fingerprint density at radius 3 is 2.62 bits per heavy atom. The van der Waals surface area contributed by atoms with Crippen molar-refractivity contribution in [3.8, 4) is 11.3 Å². The van der Waals surface area contributed by atoms with Crippen LogP contribution in [0.15, 0.2) is 48.5 Å². The first-order chi connectivity index (χ1) is 11.6. The number of anilines is 1. The van der Waals surface area contributed by atoms with E-state index >= 15 is 0 Å². The third-order valence-electron chi connectivity index (χ3n) is 4.20. The third kappa shape index (κ3) is 2.58. The van der Waals surface area contributed by atoms with Crippen LogP contribution in [0.25, 0.3) is 11.3 Å². The van der Waals surface area contributed by atoms with Crippen LogP contribution in [0.5, 0.6) is 0 Å². The lowest BCUT2D eigenvalue weighted by atomic mass is 9.84. The Kier molecular flexibility index (Phi) is 3.79. The lowest BCUT2D eigenvalue weighted by molar-refractivity contribution is -0.116. The number of fused-ring (bicyclic) bond motifs is 1. The molecule has 4 nitrogen and oxygen atoms in total. The SMILES string of the molecule is O=C1CC(c2ccc(Cl)cc2Cl)c2c(n[nH]c2-c2ccccc2)N1. The van der Waals surface area contributed by atoms with E-state index in [2.05, 4.69) is 15.5 Å². The summed E-state index contributed by atoms with van der Waals surface area (Å²) in [5, 5.41) is 11.3. The largest absolute Gasteiger partial charge is 0.309 e. The van der Waals surface area contributed by atoms with Gasteiger partial charge in [0, 0.05) is 27.9 Å². The molecule has 120 valence electrons. The van der Waals surface area contributed by atoms with Gasteiger partial charge in [-0.1, -0.05) is 59.6 Å². The predicted molar refractivity (Wildman–Crippen MR) is 95.6 cm³/mol. The predicted octanol–water partition coefficient (Wildman–Crippen LogP) is 4.86. The van der Waals surface area contributed by atoms with Gasteiger partial charge in [0.1, 0.15) is 0 Å². The zero-order valence-electron chi connectivity index (χ0n) is 12.5. The van der Waals surface area contributed by atoms with Gasteiger partial charge >= 0.3 is 0 Å². The van der Waals surface area contributed by atoms with E-state index in [0.29, 0.717) is 22.3 Å². The molecule has 0 saturated carbocycles. The molecular weight excluding hydrogens is 345 g/mol. The monoisotopic (exact) mass is 357 g/mol. The smallest absolute Gasteiger partial charge is 0.226 e. The fraction of sp³-hybridized carbons (Fsp3) is 0.111. The Balaban J connectivity index is 1.90. The Hall–Kier alpha value is -2.30. The van der Waals surface area contributed by atoms with Crippen molar-refractivity contribution >= 4 is 34.9 Å². The molecule has 2 N–H and O–H groups in total. The van der Waals surface area contributed by atoms with E-state index in [1.165, 1.54) is 0 Å². The highest BCUT2D eigenvalue weighted by molar-refractivity contribution is 6.35. The molecule has 1 aromatic heterocycles. The lowest BCUT2D eigenvalue weighted by Gasteiger charge is -2.24. The van der Waals surface area contributed by atoms with Gasteiger partial charge in [-0.15, -0.1) is 0 Å². The molecule has 0 aliphatic carbocycles. The van der Waals surface area contributed by atoms with Crippen LogP contribution in [0.2, 0.25) is 10.0 Å². The molecule has 1 unspecified atom stereocenters. The summed E-state index contributed by atoms with van der Waals surface area (Å²) in [6.07, 6.45) is 0.313. The highest BCUT2D eigenvalue weighted by Gasteiger charge is 2.33. The number of nitrogens with zero attached hydrogens (tertiary/aromatic N) is 1. The number of hydrogen-bond donors (Lipinski definition) is 2. The van der Waals surface area contributed by atoms with E-state index < -0.39 is 0 Å². The molecule has 1 aliphatic heterocycles. The number of aromatic nitrogens is 2. The van der Waals surface area contributed by atoms with Gasteiger partial charge in [0.25, 0.3) is 0 Å². The van der Waals surface area contributed by atoms with Crippen LogP contribution in [0.4, 0.5) is 5.82 Å². The number of H-pyrrole nitrogens is 1. The van der Waals surface area contributed by atoms with Crippen molar-refractivity contribution in [2.24, 2.45) is 0 Å². The van der Waals surface area contributed by atoms with Crippen LogP contribution in [-0.2, 0) is 4.79 Å². The number of nitrogens with one attached hydrogen (secondary N) is 2. The van der Waals surface area contributed by atoms with E-state index in [1.54, 1.807) is 12.1 Å². The first-order valence-electron chi connectivity index (χ1n) is 7.52. The van der Waals surface area contributed by atoms with Crippen LogP contribution >= 0.6 is 23.2 Å². The van der Waals surface area contributed by atoms with Crippen LogP contribution in [-0.4, -0.2) is 16.1 Å². The third-order valence-corrected chi connectivity index (χ3v) is 4.76. The van der Waals surface area contributed by atoms with Gasteiger partial charge in [-0.2, -0.15) is 5.10 Å². The van der Waals surface area contributed by atoms with Crippen molar-refractivity contribution < 1.29 is 4.79 Å². The van der Waals surface area contributed by atoms with Crippen molar-refractivity contribution in [3.63, 3.8) is 0 Å². The minimum Gasteiger partial charge on any atom is -0.309 e. The second-order valence-electron chi connectivity index (χ2n) is 5.70. The lowest BCUT2D eigenvalue weighted by Crippen LogP contribution is -2.23. The van der Waals surface area contributed by atoms with Crippen LogP contribution in [0.1, 0.15) is 23.5 Å². The van der Waals surface area contributed by atoms with Gasteiger partial charge in [-0.25, -0.2) is 0 Å². The van der Waals surface area contributed by atoms with E-state index in [0.717, 1.165) is 22.4 Å². The highest BCUT2D eigenvalue weighted by atomic mass is 35.5. The Morgan fingerprint density at radius 1 is 1.08 bits per heavy atom. The number of halogens is 2. The average molecular weight is 358 g/mol. The molecule has 0 bridgehead atoms. The molecule has 2 aromatic carbocycles. The average Bonchev–Trinajstić information content (AvgIpc) is 2.99. The molecule has 24 heavy (non-hydrogen) atoms. The quantitative estimate of drug-likeness (QED) is 0.688. The number of carbonyl (C=O) groups is 1. The number of rotatable bonds is 2. The van der Waals surface area contributed by atoms with Gasteiger partial charge in [-0.05, 0) is 23.3 Å². The van der Waals surface area contributed by atoms with Gasteiger partial charge in [0.05, 0.1) is 5.69 Å². The number of hydrogen-bond acceptors (Lipinski definition) is 2. The Morgan fingerprint density at radius 2 is 1.88 bits per heavy atom. The number of amides is 1. The minimum atomic E-state index is -0.174. The number of aromatic amines is 1. The molecule has 0 radical (unpaired) electrons. The van der Waals surface area contributed by atoms with Crippen molar-refractivity contribution in [2.75, 3.05) is 5.32 Å². The Labute approximate surface area is 148 Å². The van der Waals surface area contributed by atoms with E-state index in [-0.39, 0.29) is 11.8 Å². The summed E-state index contributed by atoms with van der Waals surface area (Å²) in [7, 11) is 0. The van der Waals surface area contributed by atoms with Crippen LogP contribution < -0.4 is 5.32 Å². The van der Waals surface area contributed by atoms with Crippen molar-refractivity contribution in [1.82, 2.24) is 10.2 Å². The number of benzene rings is 2. The standard InChI is InChI=1S/C18H13Cl2N3O/c19-11-6-7-12(14(20)8-11)13-9-15(24)21-18-16(13)17(22-23-18)10-4-2-1-3-5-10/h1-8,13H,9H2,(H2,21,22,23,24). The molecule has 0 saturated heterocycles. The number of carbonyl (C=O) groups excluding carboxylic acids is 1. The molecular formula is C18H13Cl2N3O. The summed E-state index contributed by atoms with van der Waals surface area (Å²) in [5.74, 6) is 0.304. The van der Waals surface area contributed by atoms with Crippen LogP contribution in [0.3, 0.4) is 0 Å². The Bertz CT molecular complexity index is 921. The molecule has 1 atom stereocenters. The first-order valence-corrected chi connectivity index (χ1v) is 8.27. The zero-order chi connectivity index (χ0) is 16.7. The van der Waals surface area contributed by atoms with Crippen molar-refractivity contribution in [1.29, 1.82) is 0 Å². The summed E-state index contributed by atoms with van der Waals surface area (Å²) in [4.78, 5) is 12.1. The van der Waals surface area contributed by atoms with Crippen molar-refractivity contribution in [2.45, 2.75) is 12.3 Å². The fourth-order valence-electron chi connectivity index (χ4n) is 3.13. The summed E-state index contributed by atoms with van der Waals surface area (Å²) in [5.41, 5.74) is 3.72. The molecule has 0 spiro atoms. The maximum absolute atomic E-state index is 12.1. The molecule has 3 aromatic rings. The van der Waals surface area contributed by atoms with Gasteiger partial charge in [0.15, 0.2) is 5.82 Å². The van der Waals surface area contributed by atoms with E-state index in [1.807, 2.05) is 36.4 Å². The molecule has 1 amide bonds. The fourth-order valence-corrected chi connectivity index (χ4v) is 3.67. The second kappa shape index (κ2) is 5.96. The van der Waals surface area contributed by atoms with Gasteiger partial charge < -0.3 is 5.32 Å². The summed E-state index contributed by atoms with van der Waals surface area (Å²) >= 11 is 12.4. The topological polar surface area (TPSA) is 57.8 Å². The summed E-state index contributed by atoms with van der Waals surface area (Å²) in [6, 6.07) is 15.3. The molecule has 4 rings (SSSR count). The zero-order valence-corrected chi connectivity index (χ0v) is 14.0. The van der Waals surface area contributed by atoms with Crippen LogP contribution in [0, 0.1) is 0 Å². The van der Waals surface area contributed by atoms with Gasteiger partial charge in [-0.3, -0.25) is 9.89 Å². The maximum Gasteiger partial charge on any atom is 0.226 e. The second-order valence-corrected chi connectivity index (χ2v) is 6.54. The van der Waals surface area contributed by atoms with Crippen molar-refractivity contribution in [3.05, 3.63) is 69.7 Å². The highest BCUT2D eigenvalue weighted by Crippen LogP contribution is 2.43. The summed E-state index contributed by atoms with van der Waals surface area (Å²) < 4.78 is 0. The normalized spacial score (nSPS) is 16.6. The maximum atomic E-state index is 12.1. The molecule has 0 fully saturated rings. The van der Waals surface area contributed by atoms with E-state index in [4.69, 9.17) is 23.2 Å². The summed E-state index contributed by atoms with van der Waals surface area (Å²) in [6.45, 7) is 0. The van der Waals surface area contributed by atoms with E-state index in [9.17, 15) is 4.79 Å². The molecule has 1 aliphatic rings. The van der Waals surface area contributed by atoms with Gasteiger partial charge in [0.2, 0.25) is 5.91 Å². The first kappa shape index (κ1) is 15.2. The molecule has 6 heteroatoms. The molecule has 2 heterocycles. The minimum absolute atomic E-state index is 0.0790.